The molecule has 5 heteroatoms. The molecular weight excluding hydrogens is 272 g/mol. The Morgan fingerprint density at radius 1 is 1.50 bits per heavy atom. The lowest BCUT2D eigenvalue weighted by molar-refractivity contribution is -0.139. The molecule has 0 amide bonds. The molecule has 94 valence electrons. The largest absolute Gasteiger partial charge is 0.468 e. The zero-order valence-electron chi connectivity index (χ0n) is 10.0. The lowest BCUT2D eigenvalue weighted by atomic mass is 10.3. The van der Waals surface area contributed by atoms with Crippen LogP contribution in [0.2, 0.25) is 0 Å². The number of alkyl halides is 1. The fraction of sp³-hybridized carbons (Fsp3) is 0.909. The van der Waals surface area contributed by atoms with E-state index in [-0.39, 0.29) is 10.8 Å². The van der Waals surface area contributed by atoms with Crippen molar-refractivity contribution in [1.29, 1.82) is 0 Å². The minimum Gasteiger partial charge on any atom is -0.468 e. The third-order valence-corrected chi connectivity index (χ3v) is 3.53. The van der Waals surface area contributed by atoms with E-state index in [2.05, 4.69) is 37.8 Å². The first-order valence-electron chi connectivity index (χ1n) is 5.81. The van der Waals surface area contributed by atoms with Crippen LogP contribution in [-0.2, 0) is 9.53 Å². The van der Waals surface area contributed by atoms with E-state index in [9.17, 15) is 4.79 Å². The fourth-order valence-corrected chi connectivity index (χ4v) is 2.31. The molecule has 1 aliphatic heterocycles. The number of hydrogen-bond acceptors (Lipinski definition) is 4. The summed E-state index contributed by atoms with van der Waals surface area (Å²) in [6.07, 6.45) is 2.63. The number of carbonyl (C=O) groups excluding carboxylic acids is 1. The van der Waals surface area contributed by atoms with Crippen molar-refractivity contribution in [2.45, 2.75) is 30.6 Å². The maximum absolute atomic E-state index is 11.1. The quantitative estimate of drug-likeness (QED) is 0.586. The number of nitrogens with one attached hydrogen (secondary N) is 1. The molecule has 1 aliphatic rings. The van der Waals surface area contributed by atoms with E-state index in [4.69, 9.17) is 0 Å². The van der Waals surface area contributed by atoms with Gasteiger partial charge in [-0.25, -0.2) is 0 Å². The number of methoxy groups -OCH3 is 1. The first-order valence-corrected chi connectivity index (χ1v) is 6.72. The zero-order valence-corrected chi connectivity index (χ0v) is 11.6. The number of esters is 1. The Bertz CT molecular complexity index is 220. The number of carbonyl (C=O) groups is 1. The van der Waals surface area contributed by atoms with Crippen LogP contribution in [0.4, 0.5) is 0 Å². The van der Waals surface area contributed by atoms with Gasteiger partial charge in [-0.1, -0.05) is 15.9 Å². The van der Waals surface area contributed by atoms with Gasteiger partial charge >= 0.3 is 5.97 Å². The van der Waals surface area contributed by atoms with Gasteiger partial charge in [-0.15, -0.1) is 0 Å². The molecule has 0 aromatic carbocycles. The second kappa shape index (κ2) is 7.25. The van der Waals surface area contributed by atoms with Gasteiger partial charge in [0.1, 0.15) is 4.83 Å². The molecular formula is C11H21BrN2O2. The van der Waals surface area contributed by atoms with Crippen LogP contribution in [-0.4, -0.2) is 55.0 Å². The first-order chi connectivity index (χ1) is 7.63. The standard InChI is InChI=1S/C11H21BrN2O2/c1-9(8-14-5-3-4-6-14)13-7-10(12)11(15)16-2/h9-10,13H,3-8H2,1-2H3. The molecule has 4 nitrogen and oxygen atoms in total. The van der Waals surface area contributed by atoms with Crippen LogP contribution in [0.5, 0.6) is 0 Å². The van der Waals surface area contributed by atoms with Crippen LogP contribution in [0.3, 0.4) is 0 Å². The molecule has 16 heavy (non-hydrogen) atoms. The fourth-order valence-electron chi connectivity index (χ4n) is 1.93. The summed E-state index contributed by atoms with van der Waals surface area (Å²) >= 11 is 3.29. The van der Waals surface area contributed by atoms with Crippen LogP contribution in [0, 0.1) is 0 Å². The lowest BCUT2D eigenvalue weighted by Gasteiger charge is -2.21. The van der Waals surface area contributed by atoms with Gasteiger partial charge in [0.25, 0.3) is 0 Å². The number of rotatable bonds is 6. The van der Waals surface area contributed by atoms with Crippen molar-refractivity contribution in [2.24, 2.45) is 0 Å². The van der Waals surface area contributed by atoms with Crippen molar-refractivity contribution >= 4 is 21.9 Å². The van der Waals surface area contributed by atoms with Crippen molar-refractivity contribution in [3.8, 4) is 0 Å². The molecule has 0 aromatic heterocycles. The Kier molecular flexibility index (Phi) is 6.31. The van der Waals surface area contributed by atoms with Crippen molar-refractivity contribution < 1.29 is 9.53 Å². The van der Waals surface area contributed by atoms with Crippen molar-refractivity contribution in [2.75, 3.05) is 33.3 Å². The highest BCUT2D eigenvalue weighted by molar-refractivity contribution is 9.10. The molecule has 1 rings (SSSR count). The van der Waals surface area contributed by atoms with Gasteiger partial charge in [0.15, 0.2) is 0 Å². The minimum absolute atomic E-state index is 0.221. The van der Waals surface area contributed by atoms with Gasteiger partial charge in [-0.3, -0.25) is 4.79 Å². The number of likely N-dealkylation sites (tertiary alicyclic amines) is 1. The lowest BCUT2D eigenvalue weighted by Crippen LogP contribution is -2.41. The van der Waals surface area contributed by atoms with E-state index in [0.717, 1.165) is 6.54 Å². The normalized spacial score (nSPS) is 20.7. The zero-order chi connectivity index (χ0) is 12.0. The van der Waals surface area contributed by atoms with Gasteiger partial charge in [-0.2, -0.15) is 0 Å². The molecule has 0 aromatic rings. The SMILES string of the molecule is COC(=O)C(Br)CNC(C)CN1CCCC1. The molecule has 1 saturated heterocycles. The maximum Gasteiger partial charge on any atom is 0.320 e. The van der Waals surface area contributed by atoms with E-state index in [0.29, 0.717) is 12.6 Å². The van der Waals surface area contributed by atoms with Gasteiger partial charge in [-0.05, 0) is 32.9 Å². The Morgan fingerprint density at radius 3 is 2.69 bits per heavy atom. The van der Waals surface area contributed by atoms with E-state index in [1.165, 1.54) is 33.0 Å². The van der Waals surface area contributed by atoms with E-state index < -0.39 is 0 Å². The Morgan fingerprint density at radius 2 is 2.12 bits per heavy atom. The van der Waals surface area contributed by atoms with Gasteiger partial charge in [0.05, 0.1) is 7.11 Å². The van der Waals surface area contributed by atoms with E-state index in [1.807, 2.05) is 0 Å². The average Bonchev–Trinajstić information content (AvgIpc) is 2.77. The second-order valence-electron chi connectivity index (χ2n) is 4.31. The summed E-state index contributed by atoms with van der Waals surface area (Å²) in [6.45, 7) is 6.24. The monoisotopic (exact) mass is 292 g/mol. The third-order valence-electron chi connectivity index (χ3n) is 2.83. The van der Waals surface area contributed by atoms with Gasteiger partial charge < -0.3 is 15.0 Å². The smallest absolute Gasteiger partial charge is 0.320 e. The summed E-state index contributed by atoms with van der Waals surface area (Å²) in [4.78, 5) is 13.4. The number of hydrogen-bond donors (Lipinski definition) is 1. The Labute approximate surface area is 106 Å². The van der Waals surface area contributed by atoms with Crippen LogP contribution in [0.15, 0.2) is 0 Å². The Balaban J connectivity index is 2.13. The van der Waals surface area contributed by atoms with Crippen LogP contribution >= 0.6 is 15.9 Å². The van der Waals surface area contributed by atoms with Crippen LogP contribution < -0.4 is 5.32 Å². The first kappa shape index (κ1) is 13.9. The molecule has 1 fully saturated rings. The molecule has 0 aliphatic carbocycles. The topological polar surface area (TPSA) is 41.6 Å². The highest BCUT2D eigenvalue weighted by atomic mass is 79.9. The predicted octanol–water partition coefficient (Wildman–Crippen LogP) is 0.997. The second-order valence-corrected chi connectivity index (χ2v) is 5.41. The summed E-state index contributed by atoms with van der Waals surface area (Å²) in [5.74, 6) is -0.221. The number of nitrogens with zero attached hydrogens (tertiary/aromatic N) is 1. The van der Waals surface area contributed by atoms with E-state index >= 15 is 0 Å². The van der Waals surface area contributed by atoms with Crippen molar-refractivity contribution in [1.82, 2.24) is 10.2 Å². The highest BCUT2D eigenvalue weighted by Crippen LogP contribution is 2.08. The molecule has 2 atom stereocenters. The summed E-state index contributed by atoms with van der Waals surface area (Å²) in [7, 11) is 1.41. The van der Waals surface area contributed by atoms with Gasteiger partial charge in [0.2, 0.25) is 0 Å². The summed E-state index contributed by atoms with van der Waals surface area (Å²) in [5.41, 5.74) is 0. The molecule has 1 N–H and O–H groups in total. The minimum atomic E-state index is -0.251. The molecule has 0 radical (unpaired) electrons. The van der Waals surface area contributed by atoms with Crippen molar-refractivity contribution in [3.05, 3.63) is 0 Å². The van der Waals surface area contributed by atoms with Crippen LogP contribution in [0.25, 0.3) is 0 Å². The summed E-state index contributed by atoms with van der Waals surface area (Å²) in [5, 5.41) is 3.34. The predicted molar refractivity (Wildman–Crippen MR) is 67.9 cm³/mol. The Hall–Kier alpha value is -0.130. The van der Waals surface area contributed by atoms with E-state index in [1.54, 1.807) is 0 Å². The molecule has 0 spiro atoms. The maximum atomic E-state index is 11.1. The molecule has 0 saturated carbocycles. The molecule has 2 unspecified atom stereocenters. The van der Waals surface area contributed by atoms with Crippen LogP contribution in [0.1, 0.15) is 19.8 Å². The number of ether oxygens (including phenoxy) is 1. The molecule has 1 heterocycles. The summed E-state index contributed by atoms with van der Waals surface area (Å²) < 4.78 is 4.64. The third kappa shape index (κ3) is 4.80. The molecule has 0 bridgehead atoms. The van der Waals surface area contributed by atoms with Gasteiger partial charge in [0, 0.05) is 19.1 Å². The number of halogens is 1. The average molecular weight is 293 g/mol. The highest BCUT2D eigenvalue weighted by Gasteiger charge is 2.18. The van der Waals surface area contributed by atoms with Crippen molar-refractivity contribution in [3.63, 3.8) is 0 Å². The summed E-state index contributed by atoms with van der Waals surface area (Å²) in [6, 6.07) is 0.405.